The lowest BCUT2D eigenvalue weighted by molar-refractivity contribution is 0.0520. The van der Waals surface area contributed by atoms with Crippen LogP contribution in [0.3, 0.4) is 0 Å². The summed E-state index contributed by atoms with van der Waals surface area (Å²) in [6, 6.07) is 12.5. The maximum absolute atomic E-state index is 11.8. The molecular weight excluding hydrogens is 354 g/mol. The van der Waals surface area contributed by atoms with E-state index >= 15 is 0 Å². The minimum absolute atomic E-state index is 0.203. The van der Waals surface area contributed by atoms with Crippen molar-refractivity contribution in [1.82, 2.24) is 5.32 Å². The Hall–Kier alpha value is -2.66. The Kier molecular flexibility index (Phi) is 4.83. The van der Waals surface area contributed by atoms with Gasteiger partial charge in [-0.2, -0.15) is 0 Å². The van der Waals surface area contributed by atoms with Crippen LogP contribution in [0.25, 0.3) is 22.1 Å². The molecular formula is C20H20ClNO4. The van der Waals surface area contributed by atoms with Gasteiger partial charge in [-0.15, -0.1) is 0 Å². The Bertz CT molecular complexity index is 939. The molecule has 5 nitrogen and oxygen atoms in total. The molecule has 0 bridgehead atoms. The highest BCUT2D eigenvalue weighted by Gasteiger charge is 2.17. The van der Waals surface area contributed by atoms with Crippen molar-refractivity contribution >= 4 is 28.7 Å². The molecule has 0 radical (unpaired) electrons. The standard InChI is InChI=1S/C20H20ClNO4/c1-20(2,3)26-19(24)22-11-16-9-14-8-13(10-17(21)18(14)25-16)12-4-6-15(23)7-5-12/h4-10,23H,11H2,1-3H3,(H,22,24). The number of aromatic hydroxyl groups is 1. The summed E-state index contributed by atoms with van der Waals surface area (Å²) in [5.74, 6) is 0.787. The predicted molar refractivity (Wildman–Crippen MR) is 101 cm³/mol. The van der Waals surface area contributed by atoms with Gasteiger partial charge in [0.1, 0.15) is 17.1 Å². The molecule has 2 N–H and O–H groups in total. The maximum atomic E-state index is 11.8. The van der Waals surface area contributed by atoms with Gasteiger partial charge in [-0.05, 0) is 62.2 Å². The second kappa shape index (κ2) is 6.92. The third kappa shape index (κ3) is 4.29. The number of phenols is 1. The van der Waals surface area contributed by atoms with Gasteiger partial charge in [-0.3, -0.25) is 0 Å². The van der Waals surface area contributed by atoms with E-state index in [9.17, 15) is 9.90 Å². The summed E-state index contributed by atoms with van der Waals surface area (Å²) >= 11 is 6.35. The van der Waals surface area contributed by atoms with E-state index in [1.807, 2.05) is 30.3 Å². The second-order valence-electron chi connectivity index (χ2n) is 6.99. The lowest BCUT2D eigenvalue weighted by atomic mass is 10.0. The molecule has 1 heterocycles. The van der Waals surface area contributed by atoms with E-state index in [1.165, 1.54) is 0 Å². The molecule has 1 aromatic heterocycles. The van der Waals surface area contributed by atoms with Crippen molar-refractivity contribution < 1.29 is 19.1 Å². The van der Waals surface area contributed by atoms with Gasteiger partial charge in [0, 0.05) is 5.39 Å². The SMILES string of the molecule is CC(C)(C)OC(=O)NCc1cc2cc(-c3ccc(O)cc3)cc(Cl)c2o1. The first kappa shape index (κ1) is 18.1. The molecule has 0 aliphatic carbocycles. The molecule has 0 saturated carbocycles. The number of halogens is 1. The molecule has 0 fully saturated rings. The van der Waals surface area contributed by atoms with Crippen LogP contribution >= 0.6 is 11.6 Å². The zero-order chi connectivity index (χ0) is 18.9. The highest BCUT2D eigenvalue weighted by atomic mass is 35.5. The fourth-order valence-electron chi connectivity index (χ4n) is 2.54. The van der Waals surface area contributed by atoms with Crippen molar-refractivity contribution in [3.63, 3.8) is 0 Å². The van der Waals surface area contributed by atoms with Crippen molar-refractivity contribution in [3.8, 4) is 16.9 Å². The number of nitrogens with one attached hydrogen (secondary N) is 1. The van der Waals surface area contributed by atoms with E-state index in [1.54, 1.807) is 32.9 Å². The van der Waals surface area contributed by atoms with Crippen LogP contribution in [-0.4, -0.2) is 16.8 Å². The Labute approximate surface area is 156 Å². The summed E-state index contributed by atoms with van der Waals surface area (Å²) in [5, 5.41) is 13.4. The fourth-order valence-corrected chi connectivity index (χ4v) is 2.81. The smallest absolute Gasteiger partial charge is 0.408 e. The van der Waals surface area contributed by atoms with E-state index in [-0.39, 0.29) is 12.3 Å². The highest BCUT2D eigenvalue weighted by Crippen LogP contribution is 2.33. The lowest BCUT2D eigenvalue weighted by Gasteiger charge is -2.19. The number of ether oxygens (including phenoxy) is 1. The third-order valence-corrected chi connectivity index (χ3v) is 3.91. The summed E-state index contributed by atoms with van der Waals surface area (Å²) < 4.78 is 11.0. The van der Waals surface area contributed by atoms with Gasteiger partial charge < -0.3 is 19.6 Å². The Morgan fingerprint density at radius 1 is 1.15 bits per heavy atom. The molecule has 0 unspecified atom stereocenters. The van der Waals surface area contributed by atoms with Gasteiger partial charge in [0.2, 0.25) is 0 Å². The summed E-state index contributed by atoms with van der Waals surface area (Å²) in [6.07, 6.45) is -0.506. The summed E-state index contributed by atoms with van der Waals surface area (Å²) in [6.45, 7) is 5.61. The number of furan rings is 1. The molecule has 3 rings (SSSR count). The zero-order valence-electron chi connectivity index (χ0n) is 14.8. The van der Waals surface area contributed by atoms with Gasteiger partial charge in [0.15, 0.2) is 5.58 Å². The Balaban J connectivity index is 1.81. The van der Waals surface area contributed by atoms with Crippen LogP contribution in [0.15, 0.2) is 46.9 Å². The van der Waals surface area contributed by atoms with Crippen molar-refractivity contribution in [1.29, 1.82) is 0 Å². The van der Waals surface area contributed by atoms with E-state index in [2.05, 4.69) is 5.32 Å². The van der Waals surface area contributed by atoms with E-state index in [4.69, 9.17) is 20.8 Å². The van der Waals surface area contributed by atoms with Gasteiger partial charge in [0.25, 0.3) is 0 Å². The minimum Gasteiger partial charge on any atom is -0.508 e. The number of carbonyl (C=O) groups excluding carboxylic acids is 1. The third-order valence-electron chi connectivity index (χ3n) is 3.63. The van der Waals surface area contributed by atoms with Crippen LogP contribution in [-0.2, 0) is 11.3 Å². The Morgan fingerprint density at radius 2 is 1.85 bits per heavy atom. The predicted octanol–water partition coefficient (Wildman–Crippen LogP) is 5.48. The molecule has 3 aromatic rings. The fraction of sp³-hybridized carbons (Fsp3) is 0.250. The zero-order valence-corrected chi connectivity index (χ0v) is 15.6. The van der Waals surface area contributed by atoms with Crippen molar-refractivity contribution in [2.24, 2.45) is 0 Å². The number of hydrogen-bond acceptors (Lipinski definition) is 4. The van der Waals surface area contributed by atoms with Crippen molar-refractivity contribution in [3.05, 3.63) is 53.2 Å². The maximum Gasteiger partial charge on any atom is 0.408 e. The van der Waals surface area contributed by atoms with Crippen LogP contribution in [0.2, 0.25) is 5.02 Å². The van der Waals surface area contributed by atoms with E-state index in [0.717, 1.165) is 16.5 Å². The number of rotatable bonds is 3. The number of hydrogen-bond donors (Lipinski definition) is 2. The monoisotopic (exact) mass is 373 g/mol. The average molecular weight is 374 g/mol. The quantitative estimate of drug-likeness (QED) is 0.637. The van der Waals surface area contributed by atoms with Crippen LogP contribution in [0.1, 0.15) is 26.5 Å². The number of phenolic OH excluding ortho intramolecular Hbond substituents is 1. The van der Waals surface area contributed by atoms with Crippen LogP contribution < -0.4 is 5.32 Å². The molecule has 1 amide bonds. The summed E-state index contributed by atoms with van der Waals surface area (Å²) in [4.78, 5) is 11.8. The van der Waals surface area contributed by atoms with Gasteiger partial charge >= 0.3 is 6.09 Å². The minimum atomic E-state index is -0.555. The molecule has 0 atom stereocenters. The number of alkyl carbamates (subject to hydrolysis) is 1. The average Bonchev–Trinajstić information content (AvgIpc) is 2.96. The second-order valence-corrected chi connectivity index (χ2v) is 7.40. The number of fused-ring (bicyclic) bond motifs is 1. The summed E-state index contributed by atoms with van der Waals surface area (Å²) in [7, 11) is 0. The van der Waals surface area contributed by atoms with Gasteiger partial charge in [-0.1, -0.05) is 23.7 Å². The number of carbonyl (C=O) groups is 1. The Morgan fingerprint density at radius 3 is 2.50 bits per heavy atom. The normalized spacial score (nSPS) is 11.5. The molecule has 0 spiro atoms. The molecule has 0 aliphatic heterocycles. The van der Waals surface area contributed by atoms with Gasteiger partial charge in [-0.25, -0.2) is 4.79 Å². The number of amides is 1. The first-order chi connectivity index (χ1) is 12.2. The van der Waals surface area contributed by atoms with Crippen LogP contribution in [0, 0.1) is 0 Å². The molecule has 0 aliphatic rings. The summed E-state index contributed by atoms with van der Waals surface area (Å²) in [5.41, 5.74) is 1.85. The first-order valence-electron chi connectivity index (χ1n) is 8.19. The first-order valence-corrected chi connectivity index (χ1v) is 8.57. The van der Waals surface area contributed by atoms with Crippen molar-refractivity contribution in [2.45, 2.75) is 32.9 Å². The van der Waals surface area contributed by atoms with Gasteiger partial charge in [0.05, 0.1) is 11.6 Å². The van der Waals surface area contributed by atoms with E-state index < -0.39 is 11.7 Å². The lowest BCUT2D eigenvalue weighted by Crippen LogP contribution is -2.32. The molecule has 2 aromatic carbocycles. The molecule has 0 saturated heterocycles. The van der Waals surface area contributed by atoms with Crippen LogP contribution in [0.5, 0.6) is 5.75 Å². The molecule has 26 heavy (non-hydrogen) atoms. The topological polar surface area (TPSA) is 71.7 Å². The number of benzene rings is 2. The molecule has 6 heteroatoms. The van der Waals surface area contributed by atoms with E-state index in [0.29, 0.717) is 16.4 Å². The molecule has 136 valence electrons. The van der Waals surface area contributed by atoms with Crippen LogP contribution in [0.4, 0.5) is 4.79 Å². The van der Waals surface area contributed by atoms with Crippen molar-refractivity contribution in [2.75, 3.05) is 0 Å². The largest absolute Gasteiger partial charge is 0.508 e. The highest BCUT2D eigenvalue weighted by molar-refractivity contribution is 6.35.